The first kappa shape index (κ1) is 29.5. The van der Waals surface area contributed by atoms with Crippen molar-refractivity contribution >= 4 is 28.4 Å². The number of furan rings is 1. The van der Waals surface area contributed by atoms with Crippen LogP contribution in [-0.2, 0) is 22.5 Å². The molecule has 9 heteroatoms. The Morgan fingerprint density at radius 3 is 2.41 bits per heavy atom. The van der Waals surface area contributed by atoms with Gasteiger partial charge in [0.2, 0.25) is 5.91 Å². The summed E-state index contributed by atoms with van der Waals surface area (Å²) in [6.45, 7) is 1.46. The Hall–Kier alpha value is -4.50. The minimum atomic E-state index is -0.344. The standard InChI is InChI=1S/C32H37N3O6/c1-38-19-8-17-35(32(37)33-28-13-6-10-25-9-4-5-12-27(25)28)23-31(36)34(22-26-11-7-20-41-26)18-16-24-14-15-29(39-2)30(21-24)40-3/h4-7,9-15,20-21H,8,16-19,22-23H2,1-3H3,(H,33,37). The van der Waals surface area contributed by atoms with Crippen molar-refractivity contribution in [1.29, 1.82) is 0 Å². The minimum absolute atomic E-state index is 0.0903. The lowest BCUT2D eigenvalue weighted by Crippen LogP contribution is -2.45. The Labute approximate surface area is 240 Å². The van der Waals surface area contributed by atoms with E-state index in [2.05, 4.69) is 5.32 Å². The van der Waals surface area contributed by atoms with Gasteiger partial charge in [0.15, 0.2) is 11.5 Å². The van der Waals surface area contributed by atoms with Crippen LogP contribution in [0.2, 0.25) is 0 Å². The zero-order valence-corrected chi connectivity index (χ0v) is 23.8. The van der Waals surface area contributed by atoms with E-state index in [0.717, 1.165) is 16.3 Å². The fourth-order valence-corrected chi connectivity index (χ4v) is 4.63. The van der Waals surface area contributed by atoms with Crippen molar-refractivity contribution in [3.63, 3.8) is 0 Å². The van der Waals surface area contributed by atoms with Gasteiger partial charge in [-0.1, -0.05) is 42.5 Å². The molecule has 0 saturated heterocycles. The predicted molar refractivity (Wildman–Crippen MR) is 158 cm³/mol. The highest BCUT2D eigenvalue weighted by molar-refractivity contribution is 6.02. The molecule has 4 rings (SSSR count). The molecule has 1 heterocycles. The van der Waals surface area contributed by atoms with Gasteiger partial charge in [0.1, 0.15) is 12.3 Å². The third-order valence-corrected chi connectivity index (χ3v) is 6.82. The molecule has 0 spiro atoms. The average Bonchev–Trinajstić information content (AvgIpc) is 3.52. The first-order chi connectivity index (χ1) is 20.0. The van der Waals surface area contributed by atoms with Crippen LogP contribution in [0.1, 0.15) is 17.7 Å². The number of hydrogen-bond donors (Lipinski definition) is 1. The molecule has 0 bridgehead atoms. The van der Waals surface area contributed by atoms with Gasteiger partial charge in [-0.3, -0.25) is 4.79 Å². The number of carbonyl (C=O) groups is 2. The van der Waals surface area contributed by atoms with E-state index in [4.69, 9.17) is 18.6 Å². The van der Waals surface area contributed by atoms with Gasteiger partial charge < -0.3 is 33.7 Å². The van der Waals surface area contributed by atoms with Crippen molar-refractivity contribution in [2.75, 3.05) is 52.9 Å². The molecule has 0 saturated carbocycles. The second kappa shape index (κ2) is 14.8. The van der Waals surface area contributed by atoms with E-state index in [-0.39, 0.29) is 25.0 Å². The van der Waals surface area contributed by atoms with Gasteiger partial charge in [-0.05, 0) is 54.1 Å². The molecule has 4 aromatic rings. The Balaban J connectivity index is 1.50. The summed E-state index contributed by atoms with van der Waals surface area (Å²) < 4.78 is 21.5. The summed E-state index contributed by atoms with van der Waals surface area (Å²) in [5.74, 6) is 1.75. The van der Waals surface area contributed by atoms with E-state index in [9.17, 15) is 9.59 Å². The summed E-state index contributed by atoms with van der Waals surface area (Å²) in [6.07, 6.45) is 2.76. The van der Waals surface area contributed by atoms with Crippen LogP contribution in [0.4, 0.5) is 10.5 Å². The van der Waals surface area contributed by atoms with E-state index >= 15 is 0 Å². The Morgan fingerprint density at radius 2 is 1.66 bits per heavy atom. The Bertz CT molecular complexity index is 1420. The van der Waals surface area contributed by atoms with E-state index < -0.39 is 0 Å². The van der Waals surface area contributed by atoms with Gasteiger partial charge in [0.25, 0.3) is 0 Å². The van der Waals surface area contributed by atoms with E-state index in [1.54, 1.807) is 38.6 Å². The molecule has 3 amide bonds. The second-order valence-corrected chi connectivity index (χ2v) is 9.56. The molecule has 216 valence electrons. The van der Waals surface area contributed by atoms with E-state index in [1.165, 1.54) is 4.90 Å². The monoisotopic (exact) mass is 559 g/mol. The van der Waals surface area contributed by atoms with Crippen LogP contribution in [0.15, 0.2) is 83.5 Å². The molecule has 1 N–H and O–H groups in total. The molecule has 0 atom stereocenters. The van der Waals surface area contributed by atoms with Crippen molar-refractivity contribution in [2.24, 2.45) is 0 Å². The molecular formula is C32H37N3O6. The molecule has 0 aliphatic heterocycles. The number of nitrogens with one attached hydrogen (secondary N) is 1. The molecule has 0 aliphatic carbocycles. The normalized spacial score (nSPS) is 10.8. The second-order valence-electron chi connectivity index (χ2n) is 9.56. The third kappa shape index (κ3) is 8.02. The van der Waals surface area contributed by atoms with Crippen molar-refractivity contribution < 1.29 is 28.2 Å². The highest BCUT2D eigenvalue weighted by Crippen LogP contribution is 2.28. The number of methoxy groups -OCH3 is 3. The van der Waals surface area contributed by atoms with Crippen LogP contribution in [0.3, 0.4) is 0 Å². The van der Waals surface area contributed by atoms with Gasteiger partial charge in [-0.2, -0.15) is 0 Å². The van der Waals surface area contributed by atoms with E-state index in [0.29, 0.717) is 55.5 Å². The van der Waals surface area contributed by atoms with Gasteiger partial charge in [0, 0.05) is 32.2 Å². The summed E-state index contributed by atoms with van der Waals surface area (Å²) >= 11 is 0. The van der Waals surface area contributed by atoms with Crippen molar-refractivity contribution in [3.05, 3.63) is 90.4 Å². The topological polar surface area (TPSA) is 93.5 Å². The zero-order chi connectivity index (χ0) is 29.0. The van der Waals surface area contributed by atoms with Gasteiger partial charge in [0.05, 0.1) is 32.7 Å². The SMILES string of the molecule is COCCCN(CC(=O)N(CCc1ccc(OC)c(OC)c1)Cc1ccco1)C(=O)Nc1cccc2ccccc12. The van der Waals surface area contributed by atoms with Crippen LogP contribution < -0.4 is 14.8 Å². The summed E-state index contributed by atoms with van der Waals surface area (Å²) in [7, 11) is 4.80. The number of benzene rings is 3. The number of nitrogens with zero attached hydrogens (tertiary/aromatic N) is 2. The highest BCUT2D eigenvalue weighted by Gasteiger charge is 2.23. The van der Waals surface area contributed by atoms with Crippen LogP contribution in [-0.4, -0.2) is 69.3 Å². The van der Waals surface area contributed by atoms with Gasteiger partial charge in [-0.25, -0.2) is 4.79 Å². The smallest absolute Gasteiger partial charge is 0.322 e. The molecule has 0 aliphatic rings. The third-order valence-electron chi connectivity index (χ3n) is 6.82. The number of anilines is 1. The van der Waals surface area contributed by atoms with Gasteiger partial charge >= 0.3 is 6.03 Å². The zero-order valence-electron chi connectivity index (χ0n) is 23.8. The number of fused-ring (bicyclic) bond motifs is 1. The maximum Gasteiger partial charge on any atom is 0.322 e. The summed E-state index contributed by atoms with van der Waals surface area (Å²) in [5, 5.41) is 4.97. The van der Waals surface area contributed by atoms with E-state index in [1.807, 2.05) is 66.7 Å². The maximum atomic E-state index is 13.7. The number of amides is 3. The molecular weight excluding hydrogens is 522 g/mol. The average molecular weight is 560 g/mol. The Morgan fingerprint density at radius 1 is 0.854 bits per heavy atom. The lowest BCUT2D eigenvalue weighted by molar-refractivity contribution is -0.132. The van der Waals surface area contributed by atoms with Crippen LogP contribution in [0, 0.1) is 0 Å². The minimum Gasteiger partial charge on any atom is -0.493 e. The Kier molecular flexibility index (Phi) is 10.6. The number of hydrogen-bond acceptors (Lipinski definition) is 6. The molecule has 41 heavy (non-hydrogen) atoms. The molecule has 9 nitrogen and oxygen atoms in total. The summed E-state index contributed by atoms with van der Waals surface area (Å²) in [4.78, 5) is 30.5. The molecule has 3 aromatic carbocycles. The number of carbonyl (C=O) groups excluding carboxylic acids is 2. The van der Waals surface area contributed by atoms with Crippen LogP contribution in [0.25, 0.3) is 10.8 Å². The predicted octanol–water partition coefficient (Wildman–Crippen LogP) is 5.59. The summed E-state index contributed by atoms with van der Waals surface area (Å²) in [5.41, 5.74) is 1.68. The fourth-order valence-electron chi connectivity index (χ4n) is 4.63. The quantitative estimate of drug-likeness (QED) is 0.203. The lowest BCUT2D eigenvalue weighted by Gasteiger charge is -2.28. The van der Waals surface area contributed by atoms with Crippen molar-refractivity contribution in [2.45, 2.75) is 19.4 Å². The molecule has 0 fully saturated rings. The van der Waals surface area contributed by atoms with Crippen molar-refractivity contribution in [1.82, 2.24) is 9.80 Å². The fraction of sp³-hybridized carbons (Fsp3) is 0.312. The number of urea groups is 1. The molecule has 0 unspecified atom stereocenters. The number of ether oxygens (including phenoxy) is 3. The van der Waals surface area contributed by atoms with Crippen molar-refractivity contribution in [3.8, 4) is 11.5 Å². The highest BCUT2D eigenvalue weighted by atomic mass is 16.5. The van der Waals surface area contributed by atoms with Crippen LogP contribution >= 0.6 is 0 Å². The first-order valence-corrected chi connectivity index (χ1v) is 13.6. The first-order valence-electron chi connectivity index (χ1n) is 13.6. The summed E-state index contributed by atoms with van der Waals surface area (Å²) in [6, 6.07) is 22.6. The molecule has 0 radical (unpaired) electrons. The largest absolute Gasteiger partial charge is 0.493 e. The van der Waals surface area contributed by atoms with Crippen LogP contribution in [0.5, 0.6) is 11.5 Å². The maximum absolute atomic E-state index is 13.7. The van der Waals surface area contributed by atoms with Gasteiger partial charge in [-0.15, -0.1) is 0 Å². The number of rotatable bonds is 14. The molecule has 1 aromatic heterocycles. The lowest BCUT2D eigenvalue weighted by atomic mass is 10.1.